The van der Waals surface area contributed by atoms with E-state index < -0.39 is 34.1 Å². The van der Waals surface area contributed by atoms with E-state index in [-0.39, 0.29) is 18.5 Å². The van der Waals surface area contributed by atoms with Gasteiger partial charge in [0.25, 0.3) is 0 Å². The predicted octanol–water partition coefficient (Wildman–Crippen LogP) is 4.28. The maximum absolute atomic E-state index is 13.0. The minimum Gasteiger partial charge on any atom is -0.277 e. The largest absolute Gasteiger partial charge is 0.419 e. The van der Waals surface area contributed by atoms with Crippen LogP contribution in [0.2, 0.25) is 5.15 Å². The third-order valence-corrected chi connectivity index (χ3v) is 5.05. The summed E-state index contributed by atoms with van der Waals surface area (Å²) in [6, 6.07) is 8.09. The topological polar surface area (TPSA) is 50.3 Å². The Balaban J connectivity index is 1.90. The Labute approximate surface area is 159 Å². The molecular formula is C19H16ClF3N2O2. The van der Waals surface area contributed by atoms with E-state index in [4.69, 9.17) is 11.6 Å². The number of carbonyl (C=O) groups is 2. The highest BCUT2D eigenvalue weighted by molar-refractivity contribution is 6.30. The Hall–Kier alpha value is -2.41. The summed E-state index contributed by atoms with van der Waals surface area (Å²) in [4.78, 5) is 29.9. The van der Waals surface area contributed by atoms with Crippen LogP contribution in [0.4, 0.5) is 13.2 Å². The molecule has 3 rings (SSSR count). The number of imide groups is 1. The van der Waals surface area contributed by atoms with Crippen molar-refractivity contribution in [3.63, 3.8) is 0 Å². The smallest absolute Gasteiger partial charge is 0.277 e. The van der Waals surface area contributed by atoms with Gasteiger partial charge in [-0.2, -0.15) is 13.2 Å². The van der Waals surface area contributed by atoms with Gasteiger partial charge in [0.15, 0.2) is 0 Å². The number of pyridine rings is 1. The van der Waals surface area contributed by atoms with Gasteiger partial charge in [-0.3, -0.25) is 14.5 Å². The quantitative estimate of drug-likeness (QED) is 0.574. The van der Waals surface area contributed by atoms with Crippen LogP contribution in [-0.2, 0) is 27.7 Å². The lowest BCUT2D eigenvalue weighted by atomic mass is 9.81. The number of aryl methyl sites for hydroxylation is 1. The Morgan fingerprint density at radius 3 is 2.44 bits per heavy atom. The van der Waals surface area contributed by atoms with Crippen LogP contribution >= 0.6 is 11.6 Å². The van der Waals surface area contributed by atoms with Gasteiger partial charge in [-0.05, 0) is 31.0 Å². The molecule has 0 N–H and O–H groups in total. The summed E-state index contributed by atoms with van der Waals surface area (Å²) in [6.07, 6.45) is -3.57. The van der Waals surface area contributed by atoms with Crippen molar-refractivity contribution in [2.75, 3.05) is 0 Å². The summed E-state index contributed by atoms with van der Waals surface area (Å²) >= 11 is 5.51. The van der Waals surface area contributed by atoms with Gasteiger partial charge in [-0.25, -0.2) is 4.98 Å². The SMILES string of the molecule is Cc1ccc(C2(C)CC(=O)N(Cc3cnc(Cl)c(C(F)(F)F)c3)C2=O)cc1. The number of halogens is 4. The number of benzene rings is 1. The molecule has 1 aliphatic heterocycles. The summed E-state index contributed by atoms with van der Waals surface area (Å²) in [6.45, 7) is 3.29. The molecule has 0 radical (unpaired) electrons. The van der Waals surface area contributed by atoms with E-state index in [2.05, 4.69) is 4.98 Å². The Morgan fingerprint density at radius 1 is 1.22 bits per heavy atom. The van der Waals surface area contributed by atoms with E-state index in [1.165, 1.54) is 0 Å². The van der Waals surface area contributed by atoms with Crippen molar-refractivity contribution < 1.29 is 22.8 Å². The number of amides is 2. The van der Waals surface area contributed by atoms with Crippen LogP contribution in [0.3, 0.4) is 0 Å². The number of aromatic nitrogens is 1. The van der Waals surface area contributed by atoms with Crippen LogP contribution in [0.25, 0.3) is 0 Å². The van der Waals surface area contributed by atoms with Crippen molar-refractivity contribution in [3.8, 4) is 0 Å². The maximum atomic E-state index is 13.0. The minimum atomic E-state index is -4.67. The Morgan fingerprint density at radius 2 is 1.85 bits per heavy atom. The molecule has 27 heavy (non-hydrogen) atoms. The first-order valence-corrected chi connectivity index (χ1v) is 8.54. The number of hydrogen-bond donors (Lipinski definition) is 0. The van der Waals surface area contributed by atoms with Crippen molar-refractivity contribution in [2.24, 2.45) is 0 Å². The number of rotatable bonds is 3. The third kappa shape index (κ3) is 3.56. The maximum Gasteiger partial charge on any atom is 0.419 e. The van der Waals surface area contributed by atoms with E-state index >= 15 is 0 Å². The fraction of sp³-hybridized carbons (Fsp3) is 0.316. The summed E-state index contributed by atoms with van der Waals surface area (Å²) < 4.78 is 39.0. The molecule has 0 aliphatic carbocycles. The third-order valence-electron chi connectivity index (χ3n) is 4.75. The predicted molar refractivity (Wildman–Crippen MR) is 93.0 cm³/mol. The molecule has 1 atom stereocenters. The van der Waals surface area contributed by atoms with Crippen molar-refractivity contribution >= 4 is 23.4 Å². The first-order chi connectivity index (χ1) is 12.5. The summed E-state index contributed by atoms with van der Waals surface area (Å²) in [5, 5.41) is -0.671. The van der Waals surface area contributed by atoms with Crippen molar-refractivity contribution in [2.45, 2.75) is 38.4 Å². The highest BCUT2D eigenvalue weighted by Gasteiger charge is 2.49. The molecule has 1 aromatic heterocycles. The fourth-order valence-corrected chi connectivity index (χ4v) is 3.36. The number of nitrogens with zero attached hydrogens (tertiary/aromatic N) is 2. The average molecular weight is 397 g/mol. The van der Waals surface area contributed by atoms with Crippen LogP contribution in [0.15, 0.2) is 36.5 Å². The molecule has 2 heterocycles. The zero-order valence-corrected chi connectivity index (χ0v) is 15.4. The van der Waals surface area contributed by atoms with E-state index in [9.17, 15) is 22.8 Å². The van der Waals surface area contributed by atoms with Gasteiger partial charge in [-0.15, -0.1) is 0 Å². The molecule has 1 fully saturated rings. The zero-order chi connectivity index (χ0) is 20.0. The van der Waals surface area contributed by atoms with Crippen LogP contribution < -0.4 is 0 Å². The minimum absolute atomic E-state index is 0.0396. The van der Waals surface area contributed by atoms with Gasteiger partial charge < -0.3 is 0 Å². The number of carbonyl (C=O) groups excluding carboxylic acids is 2. The Kier molecular flexibility index (Phi) is 4.76. The van der Waals surface area contributed by atoms with Crippen molar-refractivity contribution in [3.05, 3.63) is 63.9 Å². The van der Waals surface area contributed by atoms with E-state index in [1.54, 1.807) is 19.1 Å². The fourth-order valence-electron chi connectivity index (χ4n) is 3.15. The molecule has 0 saturated carbocycles. The molecule has 4 nitrogen and oxygen atoms in total. The van der Waals surface area contributed by atoms with Crippen LogP contribution in [0.1, 0.15) is 35.6 Å². The summed E-state index contributed by atoms with van der Waals surface area (Å²) in [5.74, 6) is -0.883. The lowest BCUT2D eigenvalue weighted by Gasteiger charge is -2.23. The molecule has 1 aliphatic rings. The lowest BCUT2D eigenvalue weighted by Crippen LogP contribution is -2.36. The second kappa shape index (κ2) is 6.64. The molecule has 0 spiro atoms. The Bertz CT molecular complexity index is 912. The first kappa shape index (κ1) is 19.4. The molecule has 1 saturated heterocycles. The second-order valence-corrected chi connectivity index (χ2v) is 7.20. The van der Waals surface area contributed by atoms with Gasteiger partial charge in [-0.1, -0.05) is 41.4 Å². The zero-order valence-electron chi connectivity index (χ0n) is 14.6. The van der Waals surface area contributed by atoms with Gasteiger partial charge >= 0.3 is 6.18 Å². The van der Waals surface area contributed by atoms with Gasteiger partial charge in [0.1, 0.15) is 5.15 Å². The molecule has 0 bridgehead atoms. The van der Waals surface area contributed by atoms with E-state index in [0.29, 0.717) is 5.56 Å². The van der Waals surface area contributed by atoms with E-state index in [1.807, 2.05) is 19.1 Å². The molecule has 1 unspecified atom stereocenters. The highest BCUT2D eigenvalue weighted by Crippen LogP contribution is 2.38. The molecule has 2 amide bonds. The second-order valence-electron chi connectivity index (χ2n) is 6.84. The molecular weight excluding hydrogens is 381 g/mol. The average Bonchev–Trinajstić information content (AvgIpc) is 2.80. The number of likely N-dealkylation sites (tertiary alicyclic amines) is 1. The summed E-state index contributed by atoms with van der Waals surface area (Å²) in [5.41, 5.74) is -0.344. The van der Waals surface area contributed by atoms with Crippen LogP contribution in [0, 0.1) is 6.92 Å². The van der Waals surface area contributed by atoms with Gasteiger partial charge in [0, 0.05) is 12.6 Å². The molecule has 142 valence electrons. The molecule has 2 aromatic rings. The van der Waals surface area contributed by atoms with Gasteiger partial charge in [0.05, 0.1) is 17.5 Å². The first-order valence-electron chi connectivity index (χ1n) is 8.16. The lowest BCUT2D eigenvalue weighted by molar-refractivity contribution is -0.140. The normalized spacial score (nSPS) is 20.4. The van der Waals surface area contributed by atoms with Gasteiger partial charge in [0.2, 0.25) is 11.8 Å². The monoisotopic (exact) mass is 396 g/mol. The standard InChI is InChI=1S/C19H16ClF3N2O2/c1-11-3-5-13(6-4-11)18(2)8-15(26)25(17(18)27)10-12-7-14(19(21,22)23)16(20)24-9-12/h3-7,9H,8,10H2,1-2H3. The molecule has 8 heteroatoms. The highest BCUT2D eigenvalue weighted by atomic mass is 35.5. The molecule has 1 aromatic carbocycles. The number of alkyl halides is 3. The van der Waals surface area contributed by atoms with Crippen LogP contribution in [0.5, 0.6) is 0 Å². The van der Waals surface area contributed by atoms with E-state index in [0.717, 1.165) is 22.7 Å². The van der Waals surface area contributed by atoms with Crippen molar-refractivity contribution in [1.29, 1.82) is 0 Å². The van der Waals surface area contributed by atoms with Crippen LogP contribution in [-0.4, -0.2) is 21.7 Å². The van der Waals surface area contributed by atoms with Crippen molar-refractivity contribution in [1.82, 2.24) is 9.88 Å². The number of hydrogen-bond acceptors (Lipinski definition) is 3. The summed E-state index contributed by atoms with van der Waals surface area (Å²) in [7, 11) is 0.